The van der Waals surface area contributed by atoms with Gasteiger partial charge < -0.3 is 9.72 Å². The standard InChI is InChI=1S/C8H14N4O3S/c1-7-9-6-8(10-7)16(13,14)11-12-2-4-15-5-3-12/h6,11H,2-5H2,1H3,(H,9,10). The third kappa shape index (κ3) is 2.59. The first-order chi connectivity index (χ1) is 7.58. The van der Waals surface area contributed by atoms with E-state index in [0.717, 1.165) is 0 Å². The molecular weight excluding hydrogens is 232 g/mol. The Bertz CT molecular complexity index is 450. The number of ether oxygens (including phenoxy) is 1. The molecule has 7 nitrogen and oxygen atoms in total. The smallest absolute Gasteiger partial charge is 0.270 e. The molecule has 2 N–H and O–H groups in total. The number of H-pyrrole nitrogens is 1. The lowest BCUT2D eigenvalue weighted by molar-refractivity contribution is 0.0272. The van der Waals surface area contributed by atoms with E-state index < -0.39 is 10.0 Å². The predicted octanol–water partition coefficient (Wildman–Crippen LogP) is -0.756. The molecule has 0 radical (unpaired) electrons. The van der Waals surface area contributed by atoms with Gasteiger partial charge in [-0.25, -0.2) is 18.4 Å². The van der Waals surface area contributed by atoms with Gasteiger partial charge in [0.1, 0.15) is 5.82 Å². The number of rotatable bonds is 3. The number of aryl methyl sites for hydroxylation is 1. The molecule has 0 amide bonds. The Morgan fingerprint density at radius 2 is 2.19 bits per heavy atom. The number of hydrogen-bond acceptors (Lipinski definition) is 5. The minimum Gasteiger partial charge on any atom is -0.379 e. The number of aromatic amines is 1. The number of imidazole rings is 1. The molecule has 0 saturated carbocycles. The number of aromatic nitrogens is 2. The number of nitrogens with one attached hydrogen (secondary N) is 2. The monoisotopic (exact) mass is 246 g/mol. The average molecular weight is 246 g/mol. The predicted molar refractivity (Wildman–Crippen MR) is 56.0 cm³/mol. The molecule has 90 valence electrons. The first-order valence-corrected chi connectivity index (χ1v) is 6.43. The van der Waals surface area contributed by atoms with Crippen LogP contribution in [0.5, 0.6) is 0 Å². The minimum absolute atomic E-state index is 0.0801. The lowest BCUT2D eigenvalue weighted by Gasteiger charge is -2.26. The van der Waals surface area contributed by atoms with E-state index in [2.05, 4.69) is 14.8 Å². The van der Waals surface area contributed by atoms with E-state index in [1.54, 1.807) is 11.9 Å². The Balaban J connectivity index is 2.07. The van der Waals surface area contributed by atoms with Crippen molar-refractivity contribution in [1.82, 2.24) is 19.8 Å². The highest BCUT2D eigenvalue weighted by molar-refractivity contribution is 7.89. The van der Waals surface area contributed by atoms with Crippen molar-refractivity contribution < 1.29 is 13.2 Å². The second kappa shape index (κ2) is 4.50. The Kier molecular flexibility index (Phi) is 3.24. The van der Waals surface area contributed by atoms with Crippen molar-refractivity contribution in [3.63, 3.8) is 0 Å². The second-order valence-electron chi connectivity index (χ2n) is 3.53. The van der Waals surface area contributed by atoms with Gasteiger partial charge in [-0.05, 0) is 6.92 Å². The molecule has 0 atom stereocenters. The van der Waals surface area contributed by atoms with Crippen LogP contribution in [0.2, 0.25) is 0 Å². The molecule has 1 fully saturated rings. The molecule has 0 aliphatic carbocycles. The summed E-state index contributed by atoms with van der Waals surface area (Å²) in [5, 5.41) is 1.70. The summed E-state index contributed by atoms with van der Waals surface area (Å²) in [6, 6.07) is 0. The molecule has 0 aromatic carbocycles. The highest BCUT2D eigenvalue weighted by Gasteiger charge is 2.21. The molecule has 1 saturated heterocycles. The number of morpholine rings is 1. The van der Waals surface area contributed by atoms with Gasteiger partial charge in [-0.15, -0.1) is 4.83 Å². The van der Waals surface area contributed by atoms with Crippen LogP contribution in [0.15, 0.2) is 11.2 Å². The summed E-state index contributed by atoms with van der Waals surface area (Å²) in [6.07, 6.45) is 1.30. The number of nitrogens with zero attached hydrogens (tertiary/aromatic N) is 2. The average Bonchev–Trinajstić information content (AvgIpc) is 2.66. The lowest BCUT2D eigenvalue weighted by Crippen LogP contribution is -2.48. The maximum atomic E-state index is 11.8. The SMILES string of the molecule is Cc1ncc(S(=O)(=O)NN2CCOCC2)[nH]1. The first kappa shape index (κ1) is 11.5. The van der Waals surface area contributed by atoms with Crippen molar-refractivity contribution in [2.24, 2.45) is 0 Å². The fourth-order valence-corrected chi connectivity index (χ4v) is 2.50. The Morgan fingerprint density at radius 1 is 1.50 bits per heavy atom. The molecule has 0 spiro atoms. The quantitative estimate of drug-likeness (QED) is 0.732. The van der Waals surface area contributed by atoms with Crippen molar-refractivity contribution in [3.8, 4) is 0 Å². The van der Waals surface area contributed by atoms with Gasteiger partial charge in [0.2, 0.25) is 0 Å². The van der Waals surface area contributed by atoms with E-state index in [-0.39, 0.29) is 5.03 Å². The van der Waals surface area contributed by atoms with E-state index >= 15 is 0 Å². The van der Waals surface area contributed by atoms with Crippen LogP contribution in [0, 0.1) is 6.92 Å². The largest absolute Gasteiger partial charge is 0.379 e. The van der Waals surface area contributed by atoms with Gasteiger partial charge in [-0.3, -0.25) is 0 Å². The number of sulfonamides is 1. The molecule has 16 heavy (non-hydrogen) atoms. The van der Waals surface area contributed by atoms with Gasteiger partial charge in [0, 0.05) is 13.1 Å². The third-order valence-corrected chi connectivity index (χ3v) is 3.51. The summed E-state index contributed by atoms with van der Waals surface area (Å²) < 4.78 is 28.8. The van der Waals surface area contributed by atoms with E-state index in [1.807, 2.05) is 0 Å². The van der Waals surface area contributed by atoms with Gasteiger partial charge in [0.05, 0.1) is 19.4 Å². The van der Waals surface area contributed by atoms with E-state index in [4.69, 9.17) is 4.74 Å². The molecular formula is C8H14N4O3S. The Labute approximate surface area is 93.8 Å². The van der Waals surface area contributed by atoms with Crippen LogP contribution in [0.25, 0.3) is 0 Å². The van der Waals surface area contributed by atoms with Gasteiger partial charge in [-0.2, -0.15) is 0 Å². The van der Waals surface area contributed by atoms with Crippen LogP contribution in [0.3, 0.4) is 0 Å². The van der Waals surface area contributed by atoms with Crippen LogP contribution < -0.4 is 4.83 Å². The molecule has 1 aromatic rings. The zero-order valence-corrected chi connectivity index (χ0v) is 9.75. The topological polar surface area (TPSA) is 87.3 Å². The molecule has 1 aliphatic rings. The molecule has 1 aromatic heterocycles. The molecule has 2 rings (SSSR count). The van der Waals surface area contributed by atoms with E-state index in [9.17, 15) is 8.42 Å². The van der Waals surface area contributed by atoms with Crippen molar-refractivity contribution in [2.45, 2.75) is 11.9 Å². The molecule has 2 heterocycles. The van der Waals surface area contributed by atoms with E-state index in [1.165, 1.54) is 6.20 Å². The fourth-order valence-electron chi connectivity index (χ4n) is 1.41. The highest BCUT2D eigenvalue weighted by Crippen LogP contribution is 2.06. The van der Waals surface area contributed by atoms with Crippen molar-refractivity contribution in [1.29, 1.82) is 0 Å². The first-order valence-electron chi connectivity index (χ1n) is 4.95. The van der Waals surface area contributed by atoms with Crippen LogP contribution in [-0.4, -0.2) is 49.7 Å². The van der Waals surface area contributed by atoms with Crippen LogP contribution >= 0.6 is 0 Å². The molecule has 0 unspecified atom stereocenters. The Morgan fingerprint density at radius 3 is 2.75 bits per heavy atom. The van der Waals surface area contributed by atoms with Crippen LogP contribution in [-0.2, 0) is 14.8 Å². The normalized spacial score (nSPS) is 18.8. The molecule has 8 heteroatoms. The maximum Gasteiger partial charge on any atom is 0.270 e. The fraction of sp³-hybridized carbons (Fsp3) is 0.625. The maximum absolute atomic E-state index is 11.8. The van der Waals surface area contributed by atoms with Crippen molar-refractivity contribution >= 4 is 10.0 Å². The molecule has 1 aliphatic heterocycles. The van der Waals surface area contributed by atoms with Crippen molar-refractivity contribution in [2.75, 3.05) is 26.3 Å². The number of hydrazine groups is 1. The zero-order valence-electron chi connectivity index (χ0n) is 8.93. The minimum atomic E-state index is -3.54. The summed E-state index contributed by atoms with van der Waals surface area (Å²) in [5.41, 5.74) is 0. The molecule has 0 bridgehead atoms. The number of hydrogen-bond donors (Lipinski definition) is 2. The second-order valence-corrected chi connectivity index (χ2v) is 5.16. The highest BCUT2D eigenvalue weighted by atomic mass is 32.2. The summed E-state index contributed by atoms with van der Waals surface area (Å²) in [5.74, 6) is 0.572. The van der Waals surface area contributed by atoms with Gasteiger partial charge in [0.15, 0.2) is 5.03 Å². The lowest BCUT2D eigenvalue weighted by atomic mass is 10.5. The summed E-state index contributed by atoms with van der Waals surface area (Å²) in [4.78, 5) is 9.02. The third-order valence-electron chi connectivity index (χ3n) is 2.23. The zero-order chi connectivity index (χ0) is 11.6. The van der Waals surface area contributed by atoms with Crippen molar-refractivity contribution in [3.05, 3.63) is 12.0 Å². The van der Waals surface area contributed by atoms with Gasteiger partial charge >= 0.3 is 0 Å². The van der Waals surface area contributed by atoms with Gasteiger partial charge in [0.25, 0.3) is 10.0 Å². The van der Waals surface area contributed by atoms with Crippen LogP contribution in [0.4, 0.5) is 0 Å². The Hall–Kier alpha value is -0.960. The summed E-state index contributed by atoms with van der Waals surface area (Å²) >= 11 is 0. The van der Waals surface area contributed by atoms with Crippen LogP contribution in [0.1, 0.15) is 5.82 Å². The summed E-state index contributed by atoms with van der Waals surface area (Å²) in [7, 11) is -3.54. The van der Waals surface area contributed by atoms with Gasteiger partial charge in [-0.1, -0.05) is 0 Å². The van der Waals surface area contributed by atoms with E-state index in [0.29, 0.717) is 32.1 Å². The summed E-state index contributed by atoms with van der Waals surface area (Å²) in [6.45, 7) is 3.86.